The van der Waals surface area contributed by atoms with E-state index in [-0.39, 0.29) is 0 Å². The molecule has 19 heavy (non-hydrogen) atoms. The number of aliphatic carboxylic acids is 1. The zero-order valence-corrected chi connectivity index (χ0v) is 12.0. The lowest BCUT2D eigenvalue weighted by molar-refractivity contribution is -0.131. The number of rotatable bonds is 6. The molecule has 0 spiro atoms. The van der Waals surface area contributed by atoms with Crippen LogP contribution in [0.2, 0.25) is 0 Å². The molecule has 1 aromatic rings. The Hall–Kier alpha value is -2.04. The Labute approximate surface area is 113 Å². The molecule has 0 bridgehead atoms. The molecule has 5 heteroatoms. The second-order valence-corrected chi connectivity index (χ2v) is 4.59. The molecular formula is C14H21N3O2. The monoisotopic (exact) mass is 263 g/mol. The van der Waals surface area contributed by atoms with Crippen molar-refractivity contribution in [2.45, 2.75) is 20.8 Å². The van der Waals surface area contributed by atoms with Crippen molar-refractivity contribution in [2.75, 3.05) is 18.0 Å². The van der Waals surface area contributed by atoms with E-state index in [9.17, 15) is 4.79 Å². The van der Waals surface area contributed by atoms with Crippen molar-refractivity contribution in [3.05, 3.63) is 29.5 Å². The summed E-state index contributed by atoms with van der Waals surface area (Å²) in [4.78, 5) is 12.8. The fraction of sp³-hybridized carbons (Fsp3) is 0.429. The van der Waals surface area contributed by atoms with E-state index in [0.29, 0.717) is 0 Å². The number of hydrogen-bond donors (Lipinski definition) is 1. The van der Waals surface area contributed by atoms with E-state index < -0.39 is 5.97 Å². The van der Waals surface area contributed by atoms with Gasteiger partial charge in [-0.2, -0.15) is 5.10 Å². The molecular weight excluding hydrogens is 242 g/mol. The number of aromatic nitrogens is 2. The number of carboxylic acid groups (broad SMARTS) is 1. The van der Waals surface area contributed by atoms with Gasteiger partial charge in [0.1, 0.15) is 5.82 Å². The molecule has 1 N–H and O–H groups in total. The first kappa shape index (κ1) is 15.0. The van der Waals surface area contributed by atoms with Gasteiger partial charge in [-0.3, -0.25) is 4.68 Å². The zero-order valence-electron chi connectivity index (χ0n) is 12.0. The average Bonchev–Trinajstić information content (AvgIpc) is 2.58. The first-order valence-electron chi connectivity index (χ1n) is 6.20. The number of aryl methyl sites for hydroxylation is 2. The Balaban J connectivity index is 3.24. The Kier molecular flexibility index (Phi) is 4.92. The Morgan fingerprint density at radius 3 is 2.68 bits per heavy atom. The van der Waals surface area contributed by atoms with Crippen molar-refractivity contribution in [3.63, 3.8) is 0 Å². The number of hydrogen-bond acceptors (Lipinski definition) is 3. The number of carboxylic acids is 1. The third kappa shape index (κ3) is 3.71. The minimum absolute atomic E-state index is 0.726. The highest BCUT2D eigenvalue weighted by Gasteiger charge is 2.16. The highest BCUT2D eigenvalue weighted by Crippen LogP contribution is 2.25. The van der Waals surface area contributed by atoms with Crippen LogP contribution in [0.25, 0.3) is 6.08 Å². The lowest BCUT2D eigenvalue weighted by atomic mass is 10.2. The lowest BCUT2D eigenvalue weighted by Gasteiger charge is -2.24. The Morgan fingerprint density at radius 1 is 1.58 bits per heavy atom. The molecule has 1 heterocycles. The van der Waals surface area contributed by atoms with Gasteiger partial charge in [0.15, 0.2) is 0 Å². The van der Waals surface area contributed by atoms with Gasteiger partial charge in [-0.1, -0.05) is 12.2 Å². The summed E-state index contributed by atoms with van der Waals surface area (Å²) in [6.45, 7) is 11.4. The highest BCUT2D eigenvalue weighted by atomic mass is 16.4. The van der Waals surface area contributed by atoms with Crippen LogP contribution in [0.1, 0.15) is 25.1 Å². The molecule has 0 unspecified atom stereocenters. The SMILES string of the molecule is C=C(C)CN(CC)c1c(/C=C/C(=O)O)c(C)nn1C. The fourth-order valence-electron chi connectivity index (χ4n) is 2.05. The normalized spacial score (nSPS) is 10.9. The van der Waals surface area contributed by atoms with Crippen LogP contribution in [0.4, 0.5) is 5.82 Å². The molecule has 0 aliphatic carbocycles. The highest BCUT2D eigenvalue weighted by molar-refractivity contribution is 5.87. The molecule has 0 aliphatic rings. The maximum Gasteiger partial charge on any atom is 0.328 e. The lowest BCUT2D eigenvalue weighted by Crippen LogP contribution is -2.27. The minimum Gasteiger partial charge on any atom is -0.478 e. The van der Waals surface area contributed by atoms with Crippen LogP contribution in [0, 0.1) is 6.92 Å². The summed E-state index contributed by atoms with van der Waals surface area (Å²) in [6.07, 6.45) is 2.74. The predicted octanol–water partition coefficient (Wildman–Crippen LogP) is 2.23. The number of anilines is 1. The summed E-state index contributed by atoms with van der Waals surface area (Å²) in [7, 11) is 1.86. The quantitative estimate of drug-likeness (QED) is 0.631. The molecule has 5 nitrogen and oxygen atoms in total. The molecule has 1 aromatic heterocycles. The van der Waals surface area contributed by atoms with E-state index in [1.54, 1.807) is 10.8 Å². The zero-order chi connectivity index (χ0) is 14.6. The summed E-state index contributed by atoms with van der Waals surface area (Å²) in [5.74, 6) is -0.0438. The van der Waals surface area contributed by atoms with Gasteiger partial charge in [-0.25, -0.2) is 4.79 Å². The van der Waals surface area contributed by atoms with E-state index >= 15 is 0 Å². The van der Waals surface area contributed by atoms with Gasteiger partial charge >= 0.3 is 5.97 Å². The van der Waals surface area contributed by atoms with Gasteiger partial charge in [-0.05, 0) is 26.8 Å². The van der Waals surface area contributed by atoms with Crippen LogP contribution in [0.5, 0.6) is 0 Å². The molecule has 1 rings (SSSR count). The second-order valence-electron chi connectivity index (χ2n) is 4.59. The van der Waals surface area contributed by atoms with E-state index in [1.807, 2.05) is 20.9 Å². The first-order valence-corrected chi connectivity index (χ1v) is 6.20. The fourth-order valence-corrected chi connectivity index (χ4v) is 2.05. The third-order valence-electron chi connectivity index (χ3n) is 2.77. The molecule has 0 saturated carbocycles. The molecule has 0 fully saturated rings. The summed E-state index contributed by atoms with van der Waals surface area (Å²) in [6, 6.07) is 0. The Bertz CT molecular complexity index is 515. The summed E-state index contributed by atoms with van der Waals surface area (Å²) >= 11 is 0. The predicted molar refractivity (Wildman–Crippen MR) is 77.3 cm³/mol. The molecule has 0 aliphatic heterocycles. The van der Waals surface area contributed by atoms with Crippen LogP contribution < -0.4 is 4.90 Å². The van der Waals surface area contributed by atoms with Crippen LogP contribution in [0.15, 0.2) is 18.2 Å². The number of nitrogens with zero attached hydrogens (tertiary/aromatic N) is 3. The molecule has 0 radical (unpaired) electrons. The Morgan fingerprint density at radius 2 is 2.21 bits per heavy atom. The summed E-state index contributed by atoms with van der Waals surface area (Å²) in [5, 5.41) is 13.1. The topological polar surface area (TPSA) is 58.4 Å². The number of likely N-dealkylation sites (N-methyl/N-ethyl adjacent to an activating group) is 1. The van der Waals surface area contributed by atoms with Crippen LogP contribution in [0.3, 0.4) is 0 Å². The maximum absolute atomic E-state index is 10.7. The van der Waals surface area contributed by atoms with Crippen LogP contribution >= 0.6 is 0 Å². The summed E-state index contributed by atoms with van der Waals surface area (Å²) in [5.41, 5.74) is 2.71. The van der Waals surface area contributed by atoms with Crippen molar-refractivity contribution in [1.29, 1.82) is 0 Å². The van der Waals surface area contributed by atoms with Crippen molar-refractivity contribution >= 4 is 17.9 Å². The van der Waals surface area contributed by atoms with Gasteiger partial charge in [0, 0.05) is 31.8 Å². The van der Waals surface area contributed by atoms with Crippen molar-refractivity contribution in [2.24, 2.45) is 7.05 Å². The average molecular weight is 263 g/mol. The standard InChI is InChI=1S/C14H21N3O2/c1-6-17(9-10(2)3)14-12(7-8-13(18)19)11(4)15-16(14)5/h7-8H,2,6,9H2,1,3-5H3,(H,18,19)/b8-7+. The van der Waals surface area contributed by atoms with E-state index in [1.165, 1.54) is 0 Å². The second kappa shape index (κ2) is 6.22. The van der Waals surface area contributed by atoms with Gasteiger partial charge in [0.2, 0.25) is 0 Å². The van der Waals surface area contributed by atoms with Crippen LogP contribution in [-0.4, -0.2) is 33.9 Å². The number of carbonyl (C=O) groups is 1. The van der Waals surface area contributed by atoms with Gasteiger partial charge in [-0.15, -0.1) is 0 Å². The van der Waals surface area contributed by atoms with Gasteiger partial charge in [0.05, 0.1) is 5.69 Å². The first-order chi connectivity index (χ1) is 8.86. The molecule has 0 aromatic carbocycles. The summed E-state index contributed by atoms with van der Waals surface area (Å²) < 4.78 is 1.78. The molecule has 0 amide bonds. The maximum atomic E-state index is 10.7. The molecule has 104 valence electrons. The van der Waals surface area contributed by atoms with Crippen molar-refractivity contribution in [1.82, 2.24) is 9.78 Å². The van der Waals surface area contributed by atoms with Crippen molar-refractivity contribution < 1.29 is 9.90 Å². The third-order valence-corrected chi connectivity index (χ3v) is 2.77. The van der Waals surface area contributed by atoms with Gasteiger partial charge in [0.25, 0.3) is 0 Å². The smallest absolute Gasteiger partial charge is 0.328 e. The van der Waals surface area contributed by atoms with Crippen molar-refractivity contribution in [3.8, 4) is 0 Å². The van der Waals surface area contributed by atoms with E-state index in [2.05, 4.69) is 23.5 Å². The van der Waals surface area contributed by atoms with E-state index in [0.717, 1.165) is 41.8 Å². The van der Waals surface area contributed by atoms with Gasteiger partial charge < -0.3 is 10.0 Å². The van der Waals surface area contributed by atoms with Crippen LogP contribution in [-0.2, 0) is 11.8 Å². The molecule has 0 saturated heterocycles. The largest absolute Gasteiger partial charge is 0.478 e. The minimum atomic E-state index is -0.961. The molecule has 0 atom stereocenters. The van der Waals surface area contributed by atoms with E-state index in [4.69, 9.17) is 5.11 Å².